The van der Waals surface area contributed by atoms with E-state index in [0.717, 1.165) is 28.2 Å². The van der Waals surface area contributed by atoms with E-state index >= 15 is 0 Å². The number of hydrogen-bond acceptors (Lipinski definition) is 3. The number of carbonyl (C=O) groups excluding carboxylic acids is 1. The predicted molar refractivity (Wildman–Crippen MR) is 79.7 cm³/mol. The highest BCUT2D eigenvalue weighted by Crippen LogP contribution is 2.33. The van der Waals surface area contributed by atoms with Crippen molar-refractivity contribution in [3.63, 3.8) is 0 Å². The summed E-state index contributed by atoms with van der Waals surface area (Å²) < 4.78 is 10.9. The summed E-state index contributed by atoms with van der Waals surface area (Å²) in [6, 6.07) is 1.98. The summed E-state index contributed by atoms with van der Waals surface area (Å²) >= 11 is 2.93. The van der Waals surface area contributed by atoms with Crippen LogP contribution in [-0.4, -0.2) is 37.5 Å². The molecule has 0 aliphatic rings. The Bertz CT molecular complexity index is 474. The second-order valence-electron chi connectivity index (χ2n) is 4.45. The smallest absolute Gasteiger partial charge is 0.289 e. The first-order valence-electron chi connectivity index (χ1n) is 6.04. The van der Waals surface area contributed by atoms with Crippen molar-refractivity contribution >= 4 is 20.7 Å². The fraction of sp³-hybridized carbons (Fsp3) is 0.500. The minimum absolute atomic E-state index is 0.123. The molecule has 1 aromatic rings. The van der Waals surface area contributed by atoms with Crippen molar-refractivity contribution in [2.45, 2.75) is 20.3 Å². The first-order valence-corrected chi connectivity index (χ1v) is 6.83. The second kappa shape index (κ2) is 6.80. The number of amides is 1. The van der Waals surface area contributed by atoms with E-state index in [1.807, 2.05) is 19.9 Å². The van der Waals surface area contributed by atoms with Gasteiger partial charge in [-0.3, -0.25) is 4.79 Å². The molecule has 0 saturated heterocycles. The molecule has 1 amide bonds. The van der Waals surface area contributed by atoms with E-state index in [1.165, 1.54) is 0 Å². The van der Waals surface area contributed by atoms with Gasteiger partial charge in [0.2, 0.25) is 0 Å². The molecule has 106 valence electrons. The number of rotatable bonds is 5. The molecule has 0 N–H and O–H groups in total. The number of likely N-dealkylation sites (N-methyl/N-ethyl adjacent to an activating group) is 1. The van der Waals surface area contributed by atoms with E-state index in [4.69, 9.17) is 9.47 Å². The molecule has 0 unspecified atom stereocenters. The molecule has 0 aromatic heterocycles. The predicted octanol–water partition coefficient (Wildman–Crippen LogP) is 3.31. The van der Waals surface area contributed by atoms with Crippen LogP contribution in [0.3, 0.4) is 0 Å². The fourth-order valence-corrected chi connectivity index (χ4v) is 2.16. The number of nitrogens with zero attached hydrogens (tertiary/aromatic N) is 1. The lowest BCUT2D eigenvalue weighted by molar-refractivity contribution is 0.235. The van der Waals surface area contributed by atoms with Gasteiger partial charge in [-0.25, -0.2) is 0 Å². The molecule has 0 bridgehead atoms. The van der Waals surface area contributed by atoms with Gasteiger partial charge in [0.25, 0.3) is 4.82 Å². The third-order valence-corrected chi connectivity index (χ3v) is 3.92. The van der Waals surface area contributed by atoms with Gasteiger partial charge in [0, 0.05) is 29.5 Å². The zero-order valence-electron chi connectivity index (χ0n) is 12.0. The van der Waals surface area contributed by atoms with Crippen molar-refractivity contribution < 1.29 is 14.3 Å². The minimum atomic E-state index is -0.123. The maximum absolute atomic E-state index is 11.2. The minimum Gasteiger partial charge on any atom is -0.496 e. The maximum atomic E-state index is 11.2. The molecule has 1 aromatic carbocycles. The number of halogens is 1. The number of methoxy groups -OCH3 is 2. The lowest BCUT2D eigenvalue weighted by Crippen LogP contribution is -2.23. The molecule has 5 heteroatoms. The molecule has 0 aliphatic carbocycles. The van der Waals surface area contributed by atoms with Crippen molar-refractivity contribution in [3.05, 3.63) is 22.8 Å². The maximum Gasteiger partial charge on any atom is 0.289 e. The Hall–Kier alpha value is -1.23. The molecule has 0 atom stereocenters. The number of hydrogen-bond donors (Lipinski definition) is 0. The quantitative estimate of drug-likeness (QED) is 0.614. The van der Waals surface area contributed by atoms with Gasteiger partial charge in [0.15, 0.2) is 0 Å². The molecule has 0 spiro atoms. The summed E-state index contributed by atoms with van der Waals surface area (Å²) in [4.78, 5) is 12.6. The van der Waals surface area contributed by atoms with Crippen molar-refractivity contribution in [2.75, 3.05) is 27.8 Å². The van der Waals surface area contributed by atoms with Gasteiger partial charge in [-0.1, -0.05) is 0 Å². The van der Waals surface area contributed by atoms with Crippen molar-refractivity contribution in [2.24, 2.45) is 0 Å². The van der Waals surface area contributed by atoms with Gasteiger partial charge in [0.1, 0.15) is 11.5 Å². The topological polar surface area (TPSA) is 38.8 Å². The molecule has 1 rings (SSSR count). The van der Waals surface area contributed by atoms with Crippen LogP contribution in [0.5, 0.6) is 11.5 Å². The van der Waals surface area contributed by atoms with Crippen LogP contribution in [0.25, 0.3) is 0 Å². The molecule has 0 fully saturated rings. The van der Waals surface area contributed by atoms with Crippen LogP contribution < -0.4 is 9.47 Å². The largest absolute Gasteiger partial charge is 0.496 e. The summed E-state index contributed by atoms with van der Waals surface area (Å²) in [5.41, 5.74) is 3.20. The van der Waals surface area contributed by atoms with Crippen LogP contribution in [0.15, 0.2) is 6.07 Å². The average molecular weight is 330 g/mol. The number of carbonyl (C=O) groups is 1. The van der Waals surface area contributed by atoms with E-state index in [1.54, 1.807) is 26.2 Å². The summed E-state index contributed by atoms with van der Waals surface area (Å²) in [6.07, 6.45) is 0.717. The molecule has 0 heterocycles. The Kier molecular flexibility index (Phi) is 5.66. The molecule has 0 radical (unpaired) electrons. The molecular formula is C14H20BrNO3. The molecular weight excluding hydrogens is 310 g/mol. The van der Waals surface area contributed by atoms with Crippen molar-refractivity contribution in [3.8, 4) is 11.5 Å². The highest BCUT2D eigenvalue weighted by atomic mass is 79.9. The average Bonchev–Trinajstić information content (AvgIpc) is 2.39. The van der Waals surface area contributed by atoms with Crippen LogP contribution in [0.1, 0.15) is 16.7 Å². The van der Waals surface area contributed by atoms with E-state index in [2.05, 4.69) is 15.9 Å². The van der Waals surface area contributed by atoms with E-state index in [0.29, 0.717) is 13.0 Å². The van der Waals surface area contributed by atoms with Crippen LogP contribution in [0, 0.1) is 13.8 Å². The molecule has 4 nitrogen and oxygen atoms in total. The zero-order valence-corrected chi connectivity index (χ0v) is 13.6. The summed E-state index contributed by atoms with van der Waals surface area (Å²) in [5, 5.41) is 0. The van der Waals surface area contributed by atoms with Gasteiger partial charge in [-0.2, -0.15) is 0 Å². The second-order valence-corrected chi connectivity index (χ2v) is 5.12. The van der Waals surface area contributed by atoms with Crippen molar-refractivity contribution in [1.29, 1.82) is 0 Å². The first-order chi connectivity index (χ1) is 8.92. The monoisotopic (exact) mass is 329 g/mol. The SMILES string of the molecule is COc1cc(CCN(C)C(=O)Br)c(OC)c(C)c1C. The van der Waals surface area contributed by atoms with Gasteiger partial charge < -0.3 is 14.4 Å². The Morgan fingerprint density at radius 2 is 1.89 bits per heavy atom. The van der Waals surface area contributed by atoms with Gasteiger partial charge in [-0.05, 0) is 43.0 Å². The zero-order chi connectivity index (χ0) is 14.6. The Morgan fingerprint density at radius 1 is 1.26 bits per heavy atom. The lowest BCUT2D eigenvalue weighted by Gasteiger charge is -2.19. The Morgan fingerprint density at radius 3 is 2.37 bits per heavy atom. The summed E-state index contributed by atoms with van der Waals surface area (Å²) in [5.74, 6) is 1.72. The van der Waals surface area contributed by atoms with Gasteiger partial charge in [0.05, 0.1) is 14.2 Å². The van der Waals surface area contributed by atoms with Crippen molar-refractivity contribution in [1.82, 2.24) is 4.90 Å². The third-order valence-electron chi connectivity index (χ3n) is 3.31. The number of benzene rings is 1. The van der Waals surface area contributed by atoms with E-state index < -0.39 is 0 Å². The summed E-state index contributed by atoms with van der Waals surface area (Å²) in [6.45, 7) is 4.64. The van der Waals surface area contributed by atoms with Gasteiger partial charge >= 0.3 is 0 Å². The molecule has 0 aliphatic heterocycles. The van der Waals surface area contributed by atoms with Crippen LogP contribution in [0.2, 0.25) is 0 Å². The normalized spacial score (nSPS) is 10.2. The van der Waals surface area contributed by atoms with Gasteiger partial charge in [-0.15, -0.1) is 0 Å². The van der Waals surface area contributed by atoms with E-state index in [9.17, 15) is 4.79 Å². The van der Waals surface area contributed by atoms with Crippen LogP contribution in [0.4, 0.5) is 4.79 Å². The molecule has 0 saturated carbocycles. The number of ether oxygens (including phenoxy) is 2. The molecule has 19 heavy (non-hydrogen) atoms. The third kappa shape index (κ3) is 3.62. The Balaban J connectivity index is 3.05. The first kappa shape index (κ1) is 15.8. The standard InChI is InChI=1S/C14H20BrNO3/c1-9-10(2)13(19-5)11(8-12(9)18-4)6-7-16(3)14(15)17/h8H,6-7H2,1-5H3. The fourth-order valence-electron chi connectivity index (χ4n) is 1.99. The van der Waals surface area contributed by atoms with Crippen LogP contribution in [-0.2, 0) is 6.42 Å². The van der Waals surface area contributed by atoms with E-state index in [-0.39, 0.29) is 4.82 Å². The highest BCUT2D eigenvalue weighted by molar-refractivity contribution is 9.18. The lowest BCUT2D eigenvalue weighted by atomic mass is 10.0. The highest BCUT2D eigenvalue weighted by Gasteiger charge is 2.14. The Labute approximate surface area is 122 Å². The summed E-state index contributed by atoms with van der Waals surface area (Å²) in [7, 11) is 5.07. The van der Waals surface area contributed by atoms with Crippen LogP contribution >= 0.6 is 15.9 Å².